The van der Waals surface area contributed by atoms with Crippen LogP contribution in [0.25, 0.3) is 22.0 Å². The molecule has 0 fully saturated rings. The fourth-order valence-electron chi connectivity index (χ4n) is 2.94. The minimum absolute atomic E-state index is 0.560. The second-order valence-corrected chi connectivity index (χ2v) is 5.78. The van der Waals surface area contributed by atoms with E-state index in [9.17, 15) is 0 Å². The number of aryl methyl sites for hydroxylation is 1. The normalized spacial score (nSPS) is 13.8. The van der Waals surface area contributed by atoms with Crippen LogP contribution in [-0.2, 0) is 6.42 Å². The van der Waals surface area contributed by atoms with Crippen LogP contribution in [0.15, 0.2) is 48.5 Å². The Labute approximate surface area is 128 Å². The van der Waals surface area contributed by atoms with Gasteiger partial charge in [0.2, 0.25) is 0 Å². The van der Waals surface area contributed by atoms with Gasteiger partial charge in [-0.15, -0.1) is 0 Å². The van der Waals surface area contributed by atoms with Crippen molar-refractivity contribution in [3.8, 4) is 11.1 Å². The van der Waals surface area contributed by atoms with Gasteiger partial charge < -0.3 is 5.32 Å². The Morgan fingerprint density at radius 2 is 1.90 bits per heavy atom. The standard InChI is InChI=1S/C18H15ClN2/c19-18-15(12-5-2-1-3-6-12)10-14-9-13-7-4-8-20-16(13)11-17(14)21-18/h1-3,5-6,9-11,20H,4,7-8H2. The number of hydrogen-bond donors (Lipinski definition) is 1. The Morgan fingerprint density at radius 1 is 1.05 bits per heavy atom. The SMILES string of the molecule is Clc1nc2cc3c(cc2cc1-c1ccccc1)CCCN3. The van der Waals surface area contributed by atoms with Crippen molar-refractivity contribution in [2.45, 2.75) is 12.8 Å². The number of halogens is 1. The molecule has 0 unspecified atom stereocenters. The molecule has 3 heteroatoms. The third-order valence-electron chi connectivity index (χ3n) is 4.02. The second kappa shape index (κ2) is 5.05. The summed E-state index contributed by atoms with van der Waals surface area (Å²) in [4.78, 5) is 4.59. The van der Waals surface area contributed by atoms with Gasteiger partial charge in [0.15, 0.2) is 0 Å². The van der Waals surface area contributed by atoms with E-state index in [-0.39, 0.29) is 0 Å². The van der Waals surface area contributed by atoms with Crippen LogP contribution >= 0.6 is 11.6 Å². The summed E-state index contributed by atoms with van der Waals surface area (Å²) < 4.78 is 0. The minimum Gasteiger partial charge on any atom is -0.385 e. The number of hydrogen-bond acceptors (Lipinski definition) is 2. The van der Waals surface area contributed by atoms with E-state index in [2.05, 4.69) is 40.6 Å². The number of nitrogens with zero attached hydrogens (tertiary/aromatic N) is 1. The molecule has 0 saturated carbocycles. The molecule has 3 aromatic rings. The molecule has 0 spiro atoms. The highest BCUT2D eigenvalue weighted by molar-refractivity contribution is 6.32. The molecule has 21 heavy (non-hydrogen) atoms. The lowest BCUT2D eigenvalue weighted by Gasteiger charge is -2.18. The zero-order valence-electron chi connectivity index (χ0n) is 11.6. The first-order chi connectivity index (χ1) is 10.3. The van der Waals surface area contributed by atoms with Crippen LogP contribution in [0.1, 0.15) is 12.0 Å². The summed E-state index contributed by atoms with van der Waals surface area (Å²) in [6.45, 7) is 1.04. The molecule has 0 saturated heterocycles. The van der Waals surface area contributed by atoms with E-state index >= 15 is 0 Å². The molecule has 0 atom stereocenters. The summed E-state index contributed by atoms with van der Waals surface area (Å²) in [5.74, 6) is 0. The fraction of sp³-hybridized carbons (Fsp3) is 0.167. The zero-order chi connectivity index (χ0) is 14.2. The van der Waals surface area contributed by atoms with E-state index in [1.165, 1.54) is 17.7 Å². The maximum atomic E-state index is 6.39. The van der Waals surface area contributed by atoms with Gasteiger partial charge in [-0.1, -0.05) is 41.9 Å². The van der Waals surface area contributed by atoms with E-state index in [1.807, 2.05) is 18.2 Å². The van der Waals surface area contributed by atoms with Crippen LogP contribution in [-0.4, -0.2) is 11.5 Å². The van der Waals surface area contributed by atoms with Gasteiger partial charge in [0, 0.05) is 23.2 Å². The molecule has 1 aliphatic rings. The molecule has 1 aromatic heterocycles. The first-order valence-electron chi connectivity index (χ1n) is 7.24. The molecule has 0 aliphatic carbocycles. The summed E-state index contributed by atoms with van der Waals surface area (Å²) in [5.41, 5.74) is 5.62. The summed E-state index contributed by atoms with van der Waals surface area (Å²) >= 11 is 6.39. The monoisotopic (exact) mass is 294 g/mol. The third-order valence-corrected chi connectivity index (χ3v) is 4.30. The molecule has 2 heterocycles. The third kappa shape index (κ3) is 2.26. The van der Waals surface area contributed by atoms with Crippen molar-refractivity contribution in [3.63, 3.8) is 0 Å². The van der Waals surface area contributed by atoms with Crippen molar-refractivity contribution in [2.24, 2.45) is 0 Å². The van der Waals surface area contributed by atoms with E-state index < -0.39 is 0 Å². The topological polar surface area (TPSA) is 24.9 Å². The van der Waals surface area contributed by atoms with E-state index in [0.29, 0.717) is 5.15 Å². The predicted molar refractivity (Wildman–Crippen MR) is 89.0 cm³/mol. The molecule has 4 rings (SSSR count). The molecule has 2 nitrogen and oxygen atoms in total. The highest BCUT2D eigenvalue weighted by atomic mass is 35.5. The van der Waals surface area contributed by atoms with Crippen LogP contribution in [0.5, 0.6) is 0 Å². The summed E-state index contributed by atoms with van der Waals surface area (Å²) in [7, 11) is 0. The Balaban J connectivity index is 1.92. The fourth-order valence-corrected chi connectivity index (χ4v) is 3.19. The Bertz CT molecular complexity index is 812. The zero-order valence-corrected chi connectivity index (χ0v) is 12.3. The lowest BCUT2D eigenvalue weighted by molar-refractivity contribution is 0.832. The highest BCUT2D eigenvalue weighted by Gasteiger charge is 2.12. The van der Waals surface area contributed by atoms with Gasteiger partial charge in [-0.25, -0.2) is 4.98 Å². The number of nitrogens with one attached hydrogen (secondary N) is 1. The lowest BCUT2D eigenvalue weighted by Crippen LogP contribution is -2.11. The molecule has 1 N–H and O–H groups in total. The number of pyridine rings is 1. The highest BCUT2D eigenvalue weighted by Crippen LogP contribution is 2.33. The Morgan fingerprint density at radius 3 is 2.76 bits per heavy atom. The molecule has 0 bridgehead atoms. The molecule has 0 radical (unpaired) electrons. The Kier molecular flexibility index (Phi) is 3.04. The van der Waals surface area contributed by atoms with Crippen LogP contribution in [0.2, 0.25) is 5.15 Å². The van der Waals surface area contributed by atoms with Gasteiger partial charge in [0.1, 0.15) is 5.15 Å². The van der Waals surface area contributed by atoms with Crippen molar-refractivity contribution in [1.29, 1.82) is 0 Å². The van der Waals surface area contributed by atoms with Crippen LogP contribution in [0.3, 0.4) is 0 Å². The average molecular weight is 295 g/mol. The number of rotatable bonds is 1. The smallest absolute Gasteiger partial charge is 0.137 e. The Hall–Kier alpha value is -2.06. The van der Waals surface area contributed by atoms with Crippen LogP contribution in [0, 0.1) is 0 Å². The van der Waals surface area contributed by atoms with E-state index in [4.69, 9.17) is 11.6 Å². The molecular formula is C18H15ClN2. The van der Waals surface area contributed by atoms with Crippen molar-refractivity contribution < 1.29 is 0 Å². The van der Waals surface area contributed by atoms with Crippen molar-refractivity contribution >= 4 is 28.2 Å². The lowest BCUT2D eigenvalue weighted by atomic mass is 9.99. The molecule has 104 valence electrons. The quantitative estimate of drug-likeness (QED) is 0.645. The first kappa shape index (κ1) is 12.7. The largest absolute Gasteiger partial charge is 0.385 e. The van der Waals surface area contributed by atoms with E-state index in [0.717, 1.165) is 35.0 Å². The van der Waals surface area contributed by atoms with Crippen molar-refractivity contribution in [3.05, 3.63) is 59.2 Å². The predicted octanol–water partition coefficient (Wildman–Crippen LogP) is 4.91. The second-order valence-electron chi connectivity index (χ2n) is 5.43. The number of benzene rings is 2. The van der Waals surface area contributed by atoms with Gasteiger partial charge in [-0.3, -0.25) is 0 Å². The minimum atomic E-state index is 0.560. The number of aromatic nitrogens is 1. The van der Waals surface area contributed by atoms with Crippen LogP contribution in [0.4, 0.5) is 5.69 Å². The summed E-state index contributed by atoms with van der Waals surface area (Å²) in [5, 5.41) is 5.15. The molecule has 1 aliphatic heterocycles. The molecule has 0 amide bonds. The maximum Gasteiger partial charge on any atom is 0.137 e. The van der Waals surface area contributed by atoms with Gasteiger partial charge in [-0.2, -0.15) is 0 Å². The first-order valence-corrected chi connectivity index (χ1v) is 7.61. The van der Waals surface area contributed by atoms with Crippen molar-refractivity contribution in [1.82, 2.24) is 4.98 Å². The van der Waals surface area contributed by atoms with Gasteiger partial charge in [0.05, 0.1) is 5.52 Å². The van der Waals surface area contributed by atoms with Gasteiger partial charge in [-0.05, 0) is 42.2 Å². The summed E-state index contributed by atoms with van der Waals surface area (Å²) in [6, 6.07) is 16.7. The average Bonchev–Trinajstić information content (AvgIpc) is 2.53. The summed E-state index contributed by atoms with van der Waals surface area (Å²) in [6.07, 6.45) is 2.31. The van der Waals surface area contributed by atoms with Gasteiger partial charge >= 0.3 is 0 Å². The molecular weight excluding hydrogens is 280 g/mol. The molecule has 2 aromatic carbocycles. The van der Waals surface area contributed by atoms with Gasteiger partial charge in [0.25, 0.3) is 0 Å². The number of fused-ring (bicyclic) bond motifs is 2. The van der Waals surface area contributed by atoms with Crippen LogP contribution < -0.4 is 5.32 Å². The maximum absolute atomic E-state index is 6.39. The van der Waals surface area contributed by atoms with Crippen molar-refractivity contribution in [2.75, 3.05) is 11.9 Å². The number of anilines is 1. The van der Waals surface area contributed by atoms with E-state index in [1.54, 1.807) is 0 Å².